The normalized spacial score (nSPS) is 16.8. The molecule has 1 fully saturated rings. The molecule has 1 atom stereocenters. The molecule has 4 heterocycles. The van der Waals surface area contributed by atoms with Crippen LogP contribution in [-0.2, 0) is 6.42 Å². The second-order valence-electron chi connectivity index (χ2n) is 8.61. The number of nitrogens with two attached hydrogens (primary N) is 1. The van der Waals surface area contributed by atoms with E-state index in [1.54, 1.807) is 6.20 Å². The van der Waals surface area contributed by atoms with Crippen LogP contribution in [0.5, 0.6) is 0 Å². The van der Waals surface area contributed by atoms with Gasteiger partial charge in [-0.15, -0.1) is 0 Å². The first-order chi connectivity index (χ1) is 15.6. The maximum atomic E-state index is 6.48. The number of para-hydroxylation sites is 1. The summed E-state index contributed by atoms with van der Waals surface area (Å²) in [6.07, 6.45) is 6.87. The summed E-state index contributed by atoms with van der Waals surface area (Å²) in [5, 5.41) is 14.4. The predicted octanol–water partition coefficient (Wildman–Crippen LogP) is 4.06. The average Bonchev–Trinajstić information content (AvgIpc) is 3.43. The Bertz CT molecular complexity index is 1210. The molecular formula is C24H29N7S. The van der Waals surface area contributed by atoms with Gasteiger partial charge in [0.05, 0.1) is 22.8 Å². The van der Waals surface area contributed by atoms with Crippen LogP contribution in [0, 0.1) is 0 Å². The summed E-state index contributed by atoms with van der Waals surface area (Å²) in [4.78, 5) is 4.96. The van der Waals surface area contributed by atoms with Gasteiger partial charge in [0.15, 0.2) is 5.65 Å². The highest BCUT2D eigenvalue weighted by molar-refractivity contribution is 7.99. The number of aromatic nitrogens is 5. The molecule has 1 saturated heterocycles. The Hall–Kier alpha value is -2.84. The van der Waals surface area contributed by atoms with Gasteiger partial charge in [0, 0.05) is 30.6 Å². The molecule has 5 rings (SSSR count). The minimum atomic E-state index is 0.264. The fraction of sp³-hybridized carbons (Fsp3) is 0.375. The lowest BCUT2D eigenvalue weighted by Crippen LogP contribution is -2.31. The van der Waals surface area contributed by atoms with E-state index in [0.717, 1.165) is 40.8 Å². The molecule has 0 aliphatic carbocycles. The van der Waals surface area contributed by atoms with Crippen LogP contribution in [0.2, 0.25) is 0 Å². The van der Waals surface area contributed by atoms with Gasteiger partial charge in [0.2, 0.25) is 0 Å². The van der Waals surface area contributed by atoms with Gasteiger partial charge in [-0.2, -0.15) is 10.2 Å². The minimum absolute atomic E-state index is 0.264. The maximum Gasteiger partial charge on any atom is 0.177 e. The number of thioether (sulfide) groups is 1. The minimum Gasteiger partial charge on any atom is -0.396 e. The number of hydrogen-bond acceptors (Lipinski definition) is 6. The first-order valence-electron chi connectivity index (χ1n) is 11.2. The number of nitrogens with one attached hydrogen (secondary N) is 1. The van der Waals surface area contributed by atoms with Crippen molar-refractivity contribution >= 4 is 23.1 Å². The topological polar surface area (TPSA) is 86.1 Å². The Morgan fingerprint density at radius 1 is 1.25 bits per heavy atom. The van der Waals surface area contributed by atoms with Crippen molar-refractivity contribution in [1.82, 2.24) is 29.7 Å². The molecule has 0 spiro atoms. The third kappa shape index (κ3) is 4.12. The summed E-state index contributed by atoms with van der Waals surface area (Å²) >= 11 is 1.81. The standard InChI is InChI=1S/C24H29N7S/c1-16(2)23-20(13-17-7-3-4-9-21(17)30-12-6-11-27-30)28-24-19(25)14-22(29-31(23)24)32-18-8-5-10-26-15-18/h3-4,6-7,9,11-12,14,16,18,26H,5,8,10,13,15,25H2,1-2H3. The van der Waals surface area contributed by atoms with Crippen molar-refractivity contribution < 1.29 is 0 Å². The first kappa shape index (κ1) is 21.0. The summed E-state index contributed by atoms with van der Waals surface area (Å²) in [5.74, 6) is 0.264. The molecule has 8 heteroatoms. The number of anilines is 1. The number of hydrogen-bond donors (Lipinski definition) is 2. The Morgan fingerprint density at radius 3 is 2.88 bits per heavy atom. The van der Waals surface area contributed by atoms with Crippen molar-refractivity contribution in [3.05, 3.63) is 65.7 Å². The zero-order chi connectivity index (χ0) is 22.1. The monoisotopic (exact) mass is 447 g/mol. The summed E-state index contributed by atoms with van der Waals surface area (Å²) in [6.45, 7) is 6.50. The van der Waals surface area contributed by atoms with Gasteiger partial charge in [-0.05, 0) is 49.1 Å². The fourth-order valence-electron chi connectivity index (χ4n) is 4.41. The highest BCUT2D eigenvalue weighted by Gasteiger charge is 2.22. The molecule has 3 aromatic heterocycles. The molecule has 166 valence electrons. The second kappa shape index (κ2) is 8.96. The largest absolute Gasteiger partial charge is 0.396 e. The molecule has 3 N–H and O–H groups in total. The van der Waals surface area contributed by atoms with Gasteiger partial charge in [-0.25, -0.2) is 14.2 Å². The van der Waals surface area contributed by atoms with Crippen LogP contribution >= 0.6 is 11.8 Å². The van der Waals surface area contributed by atoms with Gasteiger partial charge in [0.25, 0.3) is 0 Å². The van der Waals surface area contributed by atoms with E-state index in [-0.39, 0.29) is 5.92 Å². The number of piperidine rings is 1. The van der Waals surface area contributed by atoms with Crippen LogP contribution < -0.4 is 11.1 Å². The first-order valence-corrected chi connectivity index (χ1v) is 12.1. The zero-order valence-electron chi connectivity index (χ0n) is 18.5. The summed E-state index contributed by atoms with van der Waals surface area (Å²) in [5.41, 5.74) is 12.3. The zero-order valence-corrected chi connectivity index (χ0v) is 19.3. The molecule has 0 radical (unpaired) electrons. The molecule has 1 unspecified atom stereocenters. The smallest absolute Gasteiger partial charge is 0.177 e. The van der Waals surface area contributed by atoms with E-state index >= 15 is 0 Å². The predicted molar refractivity (Wildman–Crippen MR) is 130 cm³/mol. The van der Waals surface area contributed by atoms with E-state index < -0.39 is 0 Å². The Labute approximate surface area is 192 Å². The van der Waals surface area contributed by atoms with E-state index in [0.29, 0.717) is 17.4 Å². The van der Waals surface area contributed by atoms with Crippen LogP contribution in [0.15, 0.2) is 53.8 Å². The van der Waals surface area contributed by atoms with Crippen molar-refractivity contribution in [2.24, 2.45) is 0 Å². The lowest BCUT2D eigenvalue weighted by molar-refractivity contribution is 0.531. The second-order valence-corrected chi connectivity index (χ2v) is 9.93. The molecule has 0 saturated carbocycles. The SMILES string of the molecule is CC(C)c1c(Cc2ccccc2-n2cccn2)nc2c(N)cc(SC3CCCNC3)nn12. The lowest BCUT2D eigenvalue weighted by atomic mass is 10.0. The van der Waals surface area contributed by atoms with Crippen molar-refractivity contribution in [1.29, 1.82) is 0 Å². The number of nitrogen functional groups attached to an aromatic ring is 1. The highest BCUT2D eigenvalue weighted by atomic mass is 32.2. The molecule has 32 heavy (non-hydrogen) atoms. The summed E-state index contributed by atoms with van der Waals surface area (Å²) < 4.78 is 3.88. The van der Waals surface area contributed by atoms with Gasteiger partial charge < -0.3 is 11.1 Å². The molecule has 7 nitrogen and oxygen atoms in total. The van der Waals surface area contributed by atoms with Gasteiger partial charge in [-0.1, -0.05) is 43.8 Å². The number of rotatable bonds is 6. The van der Waals surface area contributed by atoms with E-state index in [1.165, 1.54) is 18.4 Å². The van der Waals surface area contributed by atoms with E-state index in [4.69, 9.17) is 15.8 Å². The lowest BCUT2D eigenvalue weighted by Gasteiger charge is -2.21. The highest BCUT2D eigenvalue weighted by Crippen LogP contribution is 2.31. The Balaban J connectivity index is 1.54. The van der Waals surface area contributed by atoms with Gasteiger partial charge >= 0.3 is 0 Å². The quantitative estimate of drug-likeness (QED) is 0.464. The van der Waals surface area contributed by atoms with Crippen molar-refractivity contribution in [3.8, 4) is 5.69 Å². The maximum absolute atomic E-state index is 6.48. The van der Waals surface area contributed by atoms with Crippen LogP contribution in [0.4, 0.5) is 5.69 Å². The third-order valence-corrected chi connectivity index (χ3v) is 7.06. The van der Waals surface area contributed by atoms with E-state index in [9.17, 15) is 0 Å². The van der Waals surface area contributed by atoms with E-state index in [1.807, 2.05) is 45.4 Å². The molecule has 1 aliphatic rings. The number of fused-ring (bicyclic) bond motifs is 1. The number of benzene rings is 1. The molecule has 0 bridgehead atoms. The van der Waals surface area contributed by atoms with Crippen LogP contribution in [0.3, 0.4) is 0 Å². The molecule has 4 aromatic rings. The summed E-state index contributed by atoms with van der Waals surface area (Å²) in [6, 6.07) is 12.2. The van der Waals surface area contributed by atoms with E-state index in [2.05, 4.69) is 42.5 Å². The number of nitrogens with zero attached hydrogens (tertiary/aromatic N) is 5. The van der Waals surface area contributed by atoms with Gasteiger partial charge in [-0.3, -0.25) is 0 Å². The van der Waals surface area contributed by atoms with Crippen LogP contribution in [-0.4, -0.2) is 42.7 Å². The summed E-state index contributed by atoms with van der Waals surface area (Å²) in [7, 11) is 0. The molecule has 0 amide bonds. The molecule has 1 aromatic carbocycles. The molecular weight excluding hydrogens is 418 g/mol. The van der Waals surface area contributed by atoms with Crippen molar-refractivity contribution in [3.63, 3.8) is 0 Å². The Morgan fingerprint density at radius 2 is 2.12 bits per heavy atom. The average molecular weight is 448 g/mol. The van der Waals surface area contributed by atoms with Crippen molar-refractivity contribution in [2.45, 2.75) is 49.3 Å². The fourth-order valence-corrected chi connectivity index (χ4v) is 5.57. The number of imidazole rings is 1. The van der Waals surface area contributed by atoms with Crippen molar-refractivity contribution in [2.75, 3.05) is 18.8 Å². The van der Waals surface area contributed by atoms with Gasteiger partial charge in [0.1, 0.15) is 5.03 Å². The van der Waals surface area contributed by atoms with Crippen LogP contribution in [0.1, 0.15) is 49.6 Å². The Kier molecular flexibility index (Phi) is 5.89. The third-order valence-electron chi connectivity index (χ3n) is 5.89. The molecule has 1 aliphatic heterocycles. The van der Waals surface area contributed by atoms with Crippen LogP contribution in [0.25, 0.3) is 11.3 Å².